The van der Waals surface area contributed by atoms with Crippen molar-refractivity contribution in [3.8, 4) is 0 Å². The number of aryl methyl sites for hydroxylation is 1. The van der Waals surface area contributed by atoms with Crippen molar-refractivity contribution in [1.82, 2.24) is 10.2 Å². The predicted molar refractivity (Wildman–Crippen MR) is 124 cm³/mol. The SMILES string of the molecule is CC[C@@H](C)NC(=O)[C@@H](CC)N(Cc1c(Cl)cccc1Cl)C(=O)Cc1cccc(C)c1. The molecule has 0 radical (unpaired) electrons. The number of hydrogen-bond donors (Lipinski definition) is 1. The number of rotatable bonds is 9. The molecular weight excluding hydrogens is 419 g/mol. The van der Waals surface area contributed by atoms with Crippen molar-refractivity contribution in [2.75, 3.05) is 0 Å². The maximum absolute atomic E-state index is 13.4. The molecule has 2 atom stereocenters. The summed E-state index contributed by atoms with van der Waals surface area (Å²) in [7, 11) is 0. The Morgan fingerprint density at radius 3 is 2.23 bits per heavy atom. The Bertz CT molecular complexity index is 865. The summed E-state index contributed by atoms with van der Waals surface area (Å²) < 4.78 is 0. The molecule has 30 heavy (non-hydrogen) atoms. The van der Waals surface area contributed by atoms with Crippen molar-refractivity contribution < 1.29 is 9.59 Å². The lowest BCUT2D eigenvalue weighted by Gasteiger charge is -2.32. The zero-order chi connectivity index (χ0) is 22.3. The first-order chi connectivity index (χ1) is 14.3. The summed E-state index contributed by atoms with van der Waals surface area (Å²) in [5.41, 5.74) is 2.64. The lowest BCUT2D eigenvalue weighted by Crippen LogP contribution is -2.51. The molecule has 2 aromatic rings. The van der Waals surface area contributed by atoms with Gasteiger partial charge in [0.2, 0.25) is 11.8 Å². The van der Waals surface area contributed by atoms with E-state index in [-0.39, 0.29) is 30.8 Å². The summed E-state index contributed by atoms with van der Waals surface area (Å²) in [5.74, 6) is -0.296. The number of nitrogens with zero attached hydrogens (tertiary/aromatic N) is 1. The molecule has 0 bridgehead atoms. The van der Waals surface area contributed by atoms with Gasteiger partial charge in [0.25, 0.3) is 0 Å². The molecule has 0 aliphatic carbocycles. The summed E-state index contributed by atoms with van der Waals surface area (Å²) in [6.45, 7) is 8.03. The zero-order valence-electron chi connectivity index (χ0n) is 18.0. The van der Waals surface area contributed by atoms with Gasteiger partial charge >= 0.3 is 0 Å². The van der Waals surface area contributed by atoms with Crippen LogP contribution in [0, 0.1) is 6.92 Å². The fourth-order valence-electron chi connectivity index (χ4n) is 3.31. The average Bonchev–Trinajstić information content (AvgIpc) is 2.69. The van der Waals surface area contributed by atoms with Crippen molar-refractivity contribution in [3.63, 3.8) is 0 Å². The molecule has 0 aliphatic rings. The van der Waals surface area contributed by atoms with Crippen LogP contribution in [-0.2, 0) is 22.6 Å². The monoisotopic (exact) mass is 448 g/mol. The highest BCUT2D eigenvalue weighted by Gasteiger charge is 2.30. The highest BCUT2D eigenvalue weighted by Crippen LogP contribution is 2.27. The van der Waals surface area contributed by atoms with Crippen molar-refractivity contribution in [2.45, 2.75) is 65.6 Å². The minimum atomic E-state index is -0.608. The zero-order valence-corrected chi connectivity index (χ0v) is 19.6. The summed E-state index contributed by atoms with van der Waals surface area (Å²) in [5, 5.41) is 3.96. The Hall–Kier alpha value is -2.04. The van der Waals surface area contributed by atoms with Crippen LogP contribution in [0.25, 0.3) is 0 Å². The first kappa shape index (κ1) is 24.2. The molecule has 0 saturated heterocycles. The van der Waals surface area contributed by atoms with Crippen LogP contribution < -0.4 is 5.32 Å². The van der Waals surface area contributed by atoms with Crippen LogP contribution in [0.2, 0.25) is 10.0 Å². The smallest absolute Gasteiger partial charge is 0.243 e. The average molecular weight is 449 g/mol. The maximum atomic E-state index is 13.4. The fraction of sp³-hybridized carbons (Fsp3) is 0.417. The van der Waals surface area contributed by atoms with Crippen LogP contribution in [-0.4, -0.2) is 28.8 Å². The van der Waals surface area contributed by atoms with Crippen molar-refractivity contribution >= 4 is 35.0 Å². The molecule has 4 nitrogen and oxygen atoms in total. The molecule has 2 rings (SSSR count). The Kier molecular flexibility index (Phi) is 9.19. The minimum absolute atomic E-state index is 0.0316. The highest BCUT2D eigenvalue weighted by atomic mass is 35.5. The number of halogens is 2. The quantitative estimate of drug-likeness (QED) is 0.545. The van der Waals surface area contributed by atoms with E-state index in [1.807, 2.05) is 52.0 Å². The molecule has 0 fully saturated rings. The molecule has 0 spiro atoms. The molecule has 2 aromatic carbocycles. The molecule has 0 aliphatic heterocycles. The third-order valence-electron chi connectivity index (χ3n) is 5.21. The van der Waals surface area contributed by atoms with Crippen LogP contribution in [0.15, 0.2) is 42.5 Å². The molecule has 0 aromatic heterocycles. The van der Waals surface area contributed by atoms with E-state index in [9.17, 15) is 9.59 Å². The number of nitrogens with one attached hydrogen (secondary N) is 1. The van der Waals surface area contributed by atoms with Gasteiger partial charge in [-0.3, -0.25) is 9.59 Å². The van der Waals surface area contributed by atoms with E-state index in [0.717, 1.165) is 17.5 Å². The Labute approximate surface area is 189 Å². The normalized spacial score (nSPS) is 12.9. The largest absolute Gasteiger partial charge is 0.352 e. The second kappa shape index (κ2) is 11.4. The topological polar surface area (TPSA) is 49.4 Å². The molecule has 0 saturated carbocycles. The van der Waals surface area contributed by atoms with E-state index in [1.165, 1.54) is 0 Å². The highest BCUT2D eigenvalue weighted by molar-refractivity contribution is 6.36. The molecule has 2 amide bonds. The lowest BCUT2D eigenvalue weighted by molar-refractivity contribution is -0.141. The third-order valence-corrected chi connectivity index (χ3v) is 5.92. The van der Waals surface area contributed by atoms with Crippen LogP contribution >= 0.6 is 23.2 Å². The summed E-state index contributed by atoms with van der Waals surface area (Å²) in [6.07, 6.45) is 1.51. The first-order valence-corrected chi connectivity index (χ1v) is 11.1. The van der Waals surface area contributed by atoms with Gasteiger partial charge in [0.1, 0.15) is 6.04 Å². The van der Waals surface area contributed by atoms with Crippen molar-refractivity contribution in [2.24, 2.45) is 0 Å². The van der Waals surface area contributed by atoms with Crippen molar-refractivity contribution in [1.29, 1.82) is 0 Å². The third kappa shape index (κ3) is 6.48. The summed E-state index contributed by atoms with van der Waals surface area (Å²) in [4.78, 5) is 28.0. The number of carbonyl (C=O) groups excluding carboxylic acids is 2. The number of carbonyl (C=O) groups is 2. The van der Waals surface area contributed by atoms with Gasteiger partial charge in [-0.15, -0.1) is 0 Å². The van der Waals surface area contributed by atoms with Crippen LogP contribution in [0.1, 0.15) is 50.3 Å². The minimum Gasteiger partial charge on any atom is -0.352 e. The van der Waals surface area contributed by atoms with Crippen LogP contribution in [0.3, 0.4) is 0 Å². The number of amides is 2. The van der Waals surface area contributed by atoms with Gasteiger partial charge in [-0.1, -0.05) is 72.9 Å². The first-order valence-electron chi connectivity index (χ1n) is 10.3. The maximum Gasteiger partial charge on any atom is 0.243 e. The van der Waals surface area contributed by atoms with E-state index >= 15 is 0 Å². The second-order valence-electron chi connectivity index (χ2n) is 7.63. The molecular formula is C24H30Cl2N2O2. The molecule has 6 heteroatoms. The number of benzene rings is 2. The Morgan fingerprint density at radius 2 is 1.67 bits per heavy atom. The molecule has 0 unspecified atom stereocenters. The van der Waals surface area contributed by atoms with E-state index in [0.29, 0.717) is 22.0 Å². The van der Waals surface area contributed by atoms with Crippen LogP contribution in [0.5, 0.6) is 0 Å². The van der Waals surface area contributed by atoms with Gasteiger partial charge < -0.3 is 10.2 Å². The van der Waals surface area contributed by atoms with Gasteiger partial charge in [0, 0.05) is 28.2 Å². The number of hydrogen-bond acceptors (Lipinski definition) is 2. The lowest BCUT2D eigenvalue weighted by atomic mass is 10.0. The van der Waals surface area contributed by atoms with Gasteiger partial charge in [0.05, 0.1) is 6.42 Å². The molecule has 0 heterocycles. The van der Waals surface area contributed by atoms with Crippen molar-refractivity contribution in [3.05, 3.63) is 69.2 Å². The molecule has 162 valence electrons. The predicted octanol–water partition coefficient (Wildman–Crippen LogP) is 5.57. The van der Waals surface area contributed by atoms with E-state index < -0.39 is 6.04 Å². The van der Waals surface area contributed by atoms with Crippen LogP contribution in [0.4, 0.5) is 0 Å². The summed E-state index contributed by atoms with van der Waals surface area (Å²) in [6, 6.07) is 12.5. The van der Waals surface area contributed by atoms with E-state index in [2.05, 4.69) is 5.32 Å². The standard InChI is InChI=1S/C24H30Cl2N2O2/c1-5-17(4)27-24(30)22(6-2)28(15-19-20(25)11-8-12-21(19)26)23(29)14-18-10-7-9-16(3)13-18/h7-13,17,22H,5-6,14-15H2,1-4H3,(H,27,30)/t17-,22-/m1/s1. The fourth-order valence-corrected chi connectivity index (χ4v) is 3.83. The van der Waals surface area contributed by atoms with Gasteiger partial charge in [0.15, 0.2) is 0 Å². The molecule has 1 N–H and O–H groups in total. The summed E-state index contributed by atoms with van der Waals surface area (Å²) >= 11 is 12.7. The van der Waals surface area contributed by atoms with Gasteiger partial charge in [-0.2, -0.15) is 0 Å². The van der Waals surface area contributed by atoms with E-state index in [4.69, 9.17) is 23.2 Å². The Balaban J connectivity index is 2.37. The van der Waals surface area contributed by atoms with Gasteiger partial charge in [-0.25, -0.2) is 0 Å². The van der Waals surface area contributed by atoms with E-state index in [1.54, 1.807) is 23.1 Å². The Morgan fingerprint density at radius 1 is 1.03 bits per heavy atom. The second-order valence-corrected chi connectivity index (χ2v) is 8.44. The van der Waals surface area contributed by atoms with Gasteiger partial charge in [-0.05, 0) is 44.4 Å².